The summed E-state index contributed by atoms with van der Waals surface area (Å²) >= 11 is 6.24. The Morgan fingerprint density at radius 3 is 2.75 bits per heavy atom. The number of benzene rings is 1. The van der Waals surface area contributed by atoms with Crippen LogP contribution >= 0.6 is 11.6 Å². The maximum Gasteiger partial charge on any atom is 0.227 e. The Kier molecular flexibility index (Phi) is 3.42. The summed E-state index contributed by atoms with van der Waals surface area (Å²) in [5, 5.41) is 3.38. The predicted octanol–water partition coefficient (Wildman–Crippen LogP) is 3.06. The topological polar surface area (TPSA) is 49.4 Å². The molecule has 1 aliphatic carbocycles. The van der Waals surface area contributed by atoms with Crippen molar-refractivity contribution in [2.45, 2.75) is 26.2 Å². The molecule has 2 fully saturated rings. The SMILES string of the molecule is C[C@@H]1C[C@H]1C(=O)Nc1ccc(N2CCCC2=O)c(Cl)c1. The number of halogens is 1. The van der Waals surface area contributed by atoms with E-state index in [-0.39, 0.29) is 17.7 Å². The number of amides is 2. The normalized spacial score (nSPS) is 24.9. The van der Waals surface area contributed by atoms with E-state index in [0.29, 0.717) is 29.6 Å². The maximum atomic E-state index is 11.9. The average Bonchev–Trinajstić information content (AvgIpc) is 2.99. The highest BCUT2D eigenvalue weighted by molar-refractivity contribution is 6.34. The molecule has 1 heterocycles. The first-order valence-corrected chi connectivity index (χ1v) is 7.35. The lowest BCUT2D eigenvalue weighted by Crippen LogP contribution is -2.24. The molecule has 2 aliphatic rings. The Hall–Kier alpha value is -1.55. The highest BCUT2D eigenvalue weighted by Crippen LogP contribution is 2.39. The highest BCUT2D eigenvalue weighted by Gasteiger charge is 2.39. The molecule has 1 aromatic carbocycles. The molecule has 5 heteroatoms. The number of rotatable bonds is 3. The molecule has 0 bridgehead atoms. The molecule has 1 N–H and O–H groups in total. The fourth-order valence-electron chi connectivity index (χ4n) is 2.63. The minimum absolute atomic E-state index is 0.0542. The van der Waals surface area contributed by atoms with Crippen LogP contribution in [-0.4, -0.2) is 18.4 Å². The first-order chi connectivity index (χ1) is 9.56. The third-order valence-corrected chi connectivity index (χ3v) is 4.33. The molecule has 4 nitrogen and oxygen atoms in total. The van der Waals surface area contributed by atoms with Gasteiger partial charge in [0.1, 0.15) is 0 Å². The molecule has 1 aromatic rings. The number of carbonyl (C=O) groups is 2. The van der Waals surface area contributed by atoms with Gasteiger partial charge >= 0.3 is 0 Å². The van der Waals surface area contributed by atoms with Gasteiger partial charge in [-0.25, -0.2) is 0 Å². The fourth-order valence-corrected chi connectivity index (χ4v) is 2.91. The lowest BCUT2D eigenvalue weighted by Gasteiger charge is -2.18. The maximum absolute atomic E-state index is 11.9. The van der Waals surface area contributed by atoms with Crippen molar-refractivity contribution in [2.24, 2.45) is 11.8 Å². The monoisotopic (exact) mass is 292 g/mol. The molecule has 2 atom stereocenters. The summed E-state index contributed by atoms with van der Waals surface area (Å²) in [6.45, 7) is 2.78. The van der Waals surface area contributed by atoms with E-state index >= 15 is 0 Å². The molecule has 106 valence electrons. The van der Waals surface area contributed by atoms with Crippen LogP contribution in [0.2, 0.25) is 5.02 Å². The van der Waals surface area contributed by atoms with Gasteiger partial charge < -0.3 is 10.2 Å². The van der Waals surface area contributed by atoms with Crippen LogP contribution in [0.5, 0.6) is 0 Å². The third-order valence-electron chi connectivity index (χ3n) is 4.03. The largest absolute Gasteiger partial charge is 0.326 e. The second-order valence-electron chi connectivity index (χ2n) is 5.62. The summed E-state index contributed by atoms with van der Waals surface area (Å²) in [5.41, 5.74) is 1.42. The van der Waals surface area contributed by atoms with Crippen LogP contribution in [-0.2, 0) is 9.59 Å². The Labute approximate surface area is 123 Å². The lowest BCUT2D eigenvalue weighted by molar-refractivity contribution is -0.118. The van der Waals surface area contributed by atoms with E-state index in [1.807, 2.05) is 0 Å². The molecule has 0 unspecified atom stereocenters. The Bertz CT molecular complexity index is 573. The van der Waals surface area contributed by atoms with Gasteiger partial charge in [-0.1, -0.05) is 18.5 Å². The van der Waals surface area contributed by atoms with Crippen LogP contribution in [0, 0.1) is 11.8 Å². The number of nitrogens with zero attached hydrogens (tertiary/aromatic N) is 1. The van der Waals surface area contributed by atoms with Gasteiger partial charge in [0.2, 0.25) is 11.8 Å². The van der Waals surface area contributed by atoms with Crippen LogP contribution in [0.3, 0.4) is 0 Å². The van der Waals surface area contributed by atoms with E-state index in [0.717, 1.165) is 18.5 Å². The molecule has 0 aromatic heterocycles. The van der Waals surface area contributed by atoms with E-state index in [4.69, 9.17) is 11.6 Å². The molecule has 0 radical (unpaired) electrons. The summed E-state index contributed by atoms with van der Waals surface area (Å²) in [6, 6.07) is 5.32. The van der Waals surface area contributed by atoms with Gasteiger partial charge in [0.25, 0.3) is 0 Å². The predicted molar refractivity (Wildman–Crippen MR) is 78.9 cm³/mol. The molecule has 0 spiro atoms. The summed E-state index contributed by atoms with van der Waals surface area (Å²) in [4.78, 5) is 25.3. The number of carbonyl (C=O) groups excluding carboxylic acids is 2. The minimum atomic E-state index is 0.0542. The minimum Gasteiger partial charge on any atom is -0.326 e. The van der Waals surface area contributed by atoms with Gasteiger partial charge in [-0.3, -0.25) is 9.59 Å². The molecular weight excluding hydrogens is 276 g/mol. The number of anilines is 2. The summed E-state index contributed by atoms with van der Waals surface area (Å²) in [7, 11) is 0. The van der Waals surface area contributed by atoms with Crippen LogP contribution in [0.1, 0.15) is 26.2 Å². The van der Waals surface area contributed by atoms with Crippen molar-refractivity contribution in [1.82, 2.24) is 0 Å². The van der Waals surface area contributed by atoms with Gasteiger partial charge in [0.15, 0.2) is 0 Å². The van der Waals surface area contributed by atoms with Gasteiger partial charge in [-0.15, -0.1) is 0 Å². The number of hydrogen-bond donors (Lipinski definition) is 1. The highest BCUT2D eigenvalue weighted by atomic mass is 35.5. The molecule has 1 aliphatic heterocycles. The smallest absolute Gasteiger partial charge is 0.227 e. The Morgan fingerprint density at radius 2 is 2.20 bits per heavy atom. The van der Waals surface area contributed by atoms with Crippen LogP contribution in [0.25, 0.3) is 0 Å². The lowest BCUT2D eigenvalue weighted by atomic mass is 10.2. The van der Waals surface area contributed by atoms with Crippen molar-refractivity contribution < 1.29 is 9.59 Å². The zero-order valence-electron chi connectivity index (χ0n) is 11.4. The van der Waals surface area contributed by atoms with Crippen LogP contribution < -0.4 is 10.2 Å². The molecule has 20 heavy (non-hydrogen) atoms. The van der Waals surface area contributed by atoms with Crippen LogP contribution in [0.4, 0.5) is 11.4 Å². The molecule has 1 saturated heterocycles. The van der Waals surface area contributed by atoms with Crippen molar-refractivity contribution >= 4 is 34.8 Å². The zero-order valence-corrected chi connectivity index (χ0v) is 12.1. The Morgan fingerprint density at radius 1 is 1.45 bits per heavy atom. The molecule has 1 saturated carbocycles. The first kappa shape index (κ1) is 13.4. The second-order valence-corrected chi connectivity index (χ2v) is 6.03. The summed E-state index contributed by atoms with van der Waals surface area (Å²) < 4.78 is 0. The van der Waals surface area contributed by atoms with E-state index in [1.54, 1.807) is 23.1 Å². The first-order valence-electron chi connectivity index (χ1n) is 6.97. The van der Waals surface area contributed by atoms with Gasteiger partial charge in [0.05, 0.1) is 10.7 Å². The third kappa shape index (κ3) is 2.52. The summed E-state index contributed by atoms with van der Waals surface area (Å²) in [6.07, 6.45) is 2.40. The number of nitrogens with one attached hydrogen (secondary N) is 1. The van der Waals surface area contributed by atoms with E-state index in [9.17, 15) is 9.59 Å². The zero-order chi connectivity index (χ0) is 14.3. The Balaban J connectivity index is 1.74. The standard InChI is InChI=1S/C15H17ClN2O2/c1-9-7-11(9)15(20)17-10-4-5-13(12(16)8-10)18-6-2-3-14(18)19/h4-5,8-9,11H,2-3,6-7H2,1H3,(H,17,20)/t9-,11-/m1/s1. The van der Waals surface area contributed by atoms with Gasteiger partial charge in [-0.05, 0) is 37.0 Å². The van der Waals surface area contributed by atoms with Crippen molar-refractivity contribution in [3.8, 4) is 0 Å². The quantitative estimate of drug-likeness (QED) is 0.931. The molecule has 2 amide bonds. The molecule has 3 rings (SSSR count). The van der Waals surface area contributed by atoms with Crippen molar-refractivity contribution in [1.29, 1.82) is 0 Å². The van der Waals surface area contributed by atoms with Crippen molar-refractivity contribution in [3.63, 3.8) is 0 Å². The molecular formula is C15H17ClN2O2. The van der Waals surface area contributed by atoms with Crippen molar-refractivity contribution in [2.75, 3.05) is 16.8 Å². The summed E-state index contributed by atoms with van der Waals surface area (Å²) in [5.74, 6) is 0.773. The second kappa shape index (κ2) is 5.09. The van der Waals surface area contributed by atoms with Gasteiger partial charge in [-0.2, -0.15) is 0 Å². The van der Waals surface area contributed by atoms with Gasteiger partial charge in [0, 0.05) is 24.6 Å². The average molecular weight is 293 g/mol. The van der Waals surface area contributed by atoms with E-state index in [1.165, 1.54) is 0 Å². The fraction of sp³-hybridized carbons (Fsp3) is 0.467. The van der Waals surface area contributed by atoms with Crippen molar-refractivity contribution in [3.05, 3.63) is 23.2 Å². The van der Waals surface area contributed by atoms with E-state index in [2.05, 4.69) is 12.2 Å². The van der Waals surface area contributed by atoms with Crippen LogP contribution in [0.15, 0.2) is 18.2 Å². The van der Waals surface area contributed by atoms with E-state index < -0.39 is 0 Å². The number of hydrogen-bond acceptors (Lipinski definition) is 2.